The van der Waals surface area contributed by atoms with E-state index in [9.17, 15) is 4.79 Å². The third-order valence-electron chi connectivity index (χ3n) is 2.23. The van der Waals surface area contributed by atoms with Crippen LogP contribution in [0.1, 0.15) is 32.1 Å². The van der Waals surface area contributed by atoms with Gasteiger partial charge in [-0.15, -0.1) is 0 Å². The Kier molecular flexibility index (Phi) is 4.66. The molecule has 0 aromatic carbocycles. The topological polar surface area (TPSA) is 20.3 Å². The van der Waals surface area contributed by atoms with Crippen molar-refractivity contribution in [1.29, 1.82) is 0 Å². The highest BCUT2D eigenvalue weighted by atomic mass is 79.9. The molecular formula is C9H16BrNO. The number of unbranched alkanes of at least 4 members (excludes halogenated alkanes) is 2. The fraction of sp³-hybridized carbons (Fsp3) is 0.889. The lowest BCUT2D eigenvalue weighted by Crippen LogP contribution is -2.25. The molecule has 12 heavy (non-hydrogen) atoms. The minimum absolute atomic E-state index is 0.355. The Morgan fingerprint density at radius 1 is 1.33 bits per heavy atom. The fourth-order valence-electron chi connectivity index (χ4n) is 1.51. The van der Waals surface area contributed by atoms with Gasteiger partial charge in [0.2, 0.25) is 5.91 Å². The summed E-state index contributed by atoms with van der Waals surface area (Å²) in [5.74, 6) is 0.355. The number of carbonyl (C=O) groups excluding carboxylic acids is 1. The molecule has 1 aliphatic rings. The molecule has 0 unspecified atom stereocenters. The number of hydrogen-bond donors (Lipinski definition) is 0. The zero-order valence-electron chi connectivity index (χ0n) is 7.39. The smallest absolute Gasteiger partial charge is 0.222 e. The van der Waals surface area contributed by atoms with Crippen molar-refractivity contribution in [1.82, 2.24) is 4.90 Å². The molecule has 0 aliphatic carbocycles. The molecule has 2 nitrogen and oxygen atoms in total. The number of amides is 1. The van der Waals surface area contributed by atoms with Crippen LogP contribution in [0.2, 0.25) is 0 Å². The molecule has 0 aromatic heterocycles. The van der Waals surface area contributed by atoms with Gasteiger partial charge in [0, 0.05) is 24.8 Å². The molecule has 1 fully saturated rings. The zero-order valence-corrected chi connectivity index (χ0v) is 8.98. The lowest BCUT2D eigenvalue weighted by molar-refractivity contribution is -0.127. The molecular weight excluding hydrogens is 218 g/mol. The van der Waals surface area contributed by atoms with E-state index in [1.54, 1.807) is 0 Å². The maximum absolute atomic E-state index is 11.2. The Bertz CT molecular complexity index is 149. The molecule has 0 spiro atoms. The molecule has 0 atom stereocenters. The van der Waals surface area contributed by atoms with Crippen LogP contribution in [0, 0.1) is 0 Å². The van der Waals surface area contributed by atoms with Gasteiger partial charge in [0.05, 0.1) is 0 Å². The van der Waals surface area contributed by atoms with Crippen molar-refractivity contribution in [3.63, 3.8) is 0 Å². The summed E-state index contributed by atoms with van der Waals surface area (Å²) in [6, 6.07) is 0. The predicted octanol–water partition coefficient (Wildman–Crippen LogP) is 2.17. The highest BCUT2D eigenvalue weighted by Crippen LogP contribution is 2.10. The SMILES string of the molecule is O=C1CCCN1CCCCCBr. The number of hydrogen-bond acceptors (Lipinski definition) is 1. The molecule has 0 aromatic rings. The average Bonchev–Trinajstić information content (AvgIpc) is 2.46. The van der Waals surface area contributed by atoms with Crippen LogP contribution in [0.5, 0.6) is 0 Å². The minimum Gasteiger partial charge on any atom is -0.343 e. The highest BCUT2D eigenvalue weighted by molar-refractivity contribution is 9.09. The molecule has 0 N–H and O–H groups in total. The Morgan fingerprint density at radius 3 is 2.75 bits per heavy atom. The van der Waals surface area contributed by atoms with Gasteiger partial charge in [-0.1, -0.05) is 22.4 Å². The standard InChI is InChI=1S/C9H16BrNO/c10-6-2-1-3-7-11-8-4-5-9(11)12/h1-8H2. The van der Waals surface area contributed by atoms with Crippen molar-refractivity contribution in [2.24, 2.45) is 0 Å². The van der Waals surface area contributed by atoms with E-state index in [0.29, 0.717) is 5.91 Å². The van der Waals surface area contributed by atoms with E-state index in [1.165, 1.54) is 12.8 Å². The summed E-state index contributed by atoms with van der Waals surface area (Å²) in [6.07, 6.45) is 5.46. The van der Waals surface area contributed by atoms with Crippen molar-refractivity contribution < 1.29 is 4.79 Å². The molecule has 1 rings (SSSR count). The Hall–Kier alpha value is -0.0500. The van der Waals surface area contributed by atoms with Crippen LogP contribution >= 0.6 is 15.9 Å². The fourth-order valence-corrected chi connectivity index (χ4v) is 1.91. The van der Waals surface area contributed by atoms with Crippen LogP contribution < -0.4 is 0 Å². The maximum Gasteiger partial charge on any atom is 0.222 e. The maximum atomic E-state index is 11.2. The molecule has 1 heterocycles. The number of nitrogens with zero attached hydrogens (tertiary/aromatic N) is 1. The monoisotopic (exact) mass is 233 g/mol. The predicted molar refractivity (Wildman–Crippen MR) is 53.5 cm³/mol. The largest absolute Gasteiger partial charge is 0.343 e. The summed E-state index contributed by atoms with van der Waals surface area (Å²) in [5, 5.41) is 1.08. The Morgan fingerprint density at radius 2 is 2.17 bits per heavy atom. The van der Waals surface area contributed by atoms with Crippen LogP contribution in [0.3, 0.4) is 0 Å². The van der Waals surface area contributed by atoms with Crippen molar-refractivity contribution >= 4 is 21.8 Å². The van der Waals surface area contributed by atoms with E-state index >= 15 is 0 Å². The van der Waals surface area contributed by atoms with E-state index in [-0.39, 0.29) is 0 Å². The van der Waals surface area contributed by atoms with E-state index in [1.807, 2.05) is 4.90 Å². The van der Waals surface area contributed by atoms with Gasteiger partial charge >= 0.3 is 0 Å². The van der Waals surface area contributed by atoms with Gasteiger partial charge in [0.15, 0.2) is 0 Å². The van der Waals surface area contributed by atoms with Crippen molar-refractivity contribution in [3.8, 4) is 0 Å². The normalized spacial score (nSPS) is 17.4. The number of halogens is 1. The zero-order chi connectivity index (χ0) is 8.81. The first kappa shape index (κ1) is 10.0. The van der Waals surface area contributed by atoms with Crippen molar-refractivity contribution in [3.05, 3.63) is 0 Å². The van der Waals surface area contributed by atoms with Gasteiger partial charge in [0.1, 0.15) is 0 Å². The summed E-state index contributed by atoms with van der Waals surface area (Å²) in [6.45, 7) is 1.97. The summed E-state index contributed by atoms with van der Waals surface area (Å²) in [5.41, 5.74) is 0. The first-order valence-electron chi connectivity index (χ1n) is 4.68. The van der Waals surface area contributed by atoms with E-state index in [4.69, 9.17) is 0 Å². The van der Waals surface area contributed by atoms with E-state index in [2.05, 4.69) is 15.9 Å². The van der Waals surface area contributed by atoms with Crippen molar-refractivity contribution in [2.75, 3.05) is 18.4 Å². The van der Waals surface area contributed by atoms with Gasteiger partial charge < -0.3 is 4.90 Å². The molecule has 1 saturated heterocycles. The van der Waals surface area contributed by atoms with Crippen LogP contribution in [0.15, 0.2) is 0 Å². The lowest BCUT2D eigenvalue weighted by atomic mass is 10.2. The second-order valence-electron chi connectivity index (χ2n) is 3.23. The van der Waals surface area contributed by atoms with Gasteiger partial charge in [-0.25, -0.2) is 0 Å². The van der Waals surface area contributed by atoms with Crippen LogP contribution in [-0.4, -0.2) is 29.2 Å². The third-order valence-corrected chi connectivity index (χ3v) is 2.79. The first-order chi connectivity index (χ1) is 5.84. The van der Waals surface area contributed by atoms with Crippen LogP contribution in [0.25, 0.3) is 0 Å². The van der Waals surface area contributed by atoms with E-state index < -0.39 is 0 Å². The molecule has 70 valence electrons. The lowest BCUT2D eigenvalue weighted by Gasteiger charge is -2.14. The van der Waals surface area contributed by atoms with E-state index in [0.717, 1.165) is 37.7 Å². The minimum atomic E-state index is 0.355. The number of alkyl halides is 1. The third kappa shape index (κ3) is 3.13. The average molecular weight is 234 g/mol. The quantitative estimate of drug-likeness (QED) is 0.527. The highest BCUT2D eigenvalue weighted by Gasteiger charge is 2.18. The molecule has 1 amide bonds. The Balaban J connectivity index is 2.02. The van der Waals surface area contributed by atoms with Crippen LogP contribution in [0.4, 0.5) is 0 Å². The first-order valence-corrected chi connectivity index (χ1v) is 5.80. The second kappa shape index (κ2) is 5.57. The Labute approximate surface area is 82.4 Å². The molecule has 3 heteroatoms. The molecule has 0 bridgehead atoms. The van der Waals surface area contributed by atoms with Crippen LogP contribution in [-0.2, 0) is 4.79 Å². The van der Waals surface area contributed by atoms with Gasteiger partial charge in [-0.2, -0.15) is 0 Å². The second-order valence-corrected chi connectivity index (χ2v) is 4.03. The molecule has 1 aliphatic heterocycles. The summed E-state index contributed by atoms with van der Waals surface area (Å²) in [4.78, 5) is 13.1. The van der Waals surface area contributed by atoms with Gasteiger partial charge in [-0.05, 0) is 19.3 Å². The summed E-state index contributed by atoms with van der Waals surface area (Å²) >= 11 is 3.39. The molecule has 0 saturated carbocycles. The molecule has 0 radical (unpaired) electrons. The van der Waals surface area contributed by atoms with Gasteiger partial charge in [0.25, 0.3) is 0 Å². The number of carbonyl (C=O) groups is 1. The number of rotatable bonds is 5. The summed E-state index contributed by atoms with van der Waals surface area (Å²) < 4.78 is 0. The summed E-state index contributed by atoms with van der Waals surface area (Å²) in [7, 11) is 0. The number of likely N-dealkylation sites (tertiary alicyclic amines) is 1. The van der Waals surface area contributed by atoms with Crippen molar-refractivity contribution in [2.45, 2.75) is 32.1 Å². The van der Waals surface area contributed by atoms with Gasteiger partial charge in [-0.3, -0.25) is 4.79 Å².